The van der Waals surface area contributed by atoms with E-state index in [1.807, 2.05) is 6.92 Å². The molecule has 0 aliphatic rings. The monoisotopic (exact) mass is 480 g/mol. The molecule has 0 atom stereocenters. The summed E-state index contributed by atoms with van der Waals surface area (Å²) in [5.41, 5.74) is 0. The third-order valence-corrected chi connectivity index (χ3v) is 3.74. The Morgan fingerprint density at radius 1 is 0.364 bits per heavy atom. The predicted molar refractivity (Wildman–Crippen MR) is 123 cm³/mol. The summed E-state index contributed by atoms with van der Waals surface area (Å²) in [5, 5.41) is 0. The molecule has 0 fully saturated rings. The van der Waals surface area contributed by atoms with Crippen LogP contribution in [-0.2, 0) is 47.4 Å². The van der Waals surface area contributed by atoms with Gasteiger partial charge in [-0.05, 0) is 6.92 Å². The molecule has 0 heterocycles. The molecule has 0 bridgehead atoms. The van der Waals surface area contributed by atoms with E-state index >= 15 is 0 Å². The van der Waals surface area contributed by atoms with E-state index in [1.165, 1.54) is 0 Å². The van der Waals surface area contributed by atoms with Gasteiger partial charge in [0.25, 0.3) is 0 Å². The van der Waals surface area contributed by atoms with Crippen molar-refractivity contribution in [2.45, 2.75) is 6.92 Å². The lowest BCUT2D eigenvalue weighted by Crippen LogP contribution is -2.15. The van der Waals surface area contributed by atoms with Gasteiger partial charge in [0.1, 0.15) is 6.61 Å². The van der Waals surface area contributed by atoms with Crippen molar-refractivity contribution in [3.63, 3.8) is 0 Å². The minimum atomic E-state index is 0.313. The zero-order valence-corrected chi connectivity index (χ0v) is 20.3. The fraction of sp³-hybridized carbons (Fsp3) is 0.913. The maximum atomic E-state index is 5.43. The van der Waals surface area contributed by atoms with Crippen LogP contribution in [0.15, 0.2) is 0 Å². The number of ether oxygens (including phenoxy) is 10. The van der Waals surface area contributed by atoms with Crippen LogP contribution in [0.25, 0.3) is 0 Å². The molecule has 0 aliphatic carbocycles. The summed E-state index contributed by atoms with van der Waals surface area (Å²) < 4.78 is 53.4. The lowest BCUT2D eigenvalue weighted by atomic mass is 10.6. The Morgan fingerprint density at radius 3 is 0.788 bits per heavy atom. The second-order valence-electron chi connectivity index (χ2n) is 6.35. The van der Waals surface area contributed by atoms with Crippen LogP contribution in [0.3, 0.4) is 0 Å². The van der Waals surface area contributed by atoms with Crippen molar-refractivity contribution in [2.24, 2.45) is 0 Å². The fourth-order valence-electron chi connectivity index (χ4n) is 2.15. The molecule has 0 aliphatic heterocycles. The molecule has 0 rings (SSSR count). The predicted octanol–water partition coefficient (Wildman–Crippen LogP) is 0.806. The van der Waals surface area contributed by atoms with E-state index in [0.29, 0.717) is 132 Å². The summed E-state index contributed by atoms with van der Waals surface area (Å²) in [7, 11) is 0. The van der Waals surface area contributed by atoms with Gasteiger partial charge in [0.15, 0.2) is 0 Å². The van der Waals surface area contributed by atoms with E-state index in [1.54, 1.807) is 0 Å². The molecule has 10 heteroatoms. The first-order chi connectivity index (χ1) is 16.4. The third kappa shape index (κ3) is 31.2. The van der Waals surface area contributed by atoms with Gasteiger partial charge in [-0.3, -0.25) is 0 Å². The van der Waals surface area contributed by atoms with Gasteiger partial charge in [0.2, 0.25) is 0 Å². The Hall–Kier alpha value is -0.840. The van der Waals surface area contributed by atoms with Crippen LogP contribution in [0.4, 0.5) is 0 Å². The summed E-state index contributed by atoms with van der Waals surface area (Å²) in [5.74, 6) is 2.39. The summed E-state index contributed by atoms with van der Waals surface area (Å²) in [6.45, 7) is 12.6. The van der Waals surface area contributed by atoms with Crippen LogP contribution in [0.5, 0.6) is 0 Å². The number of hydrogen-bond donors (Lipinski definition) is 0. The highest BCUT2D eigenvalue weighted by atomic mass is 16.6. The zero-order valence-electron chi connectivity index (χ0n) is 20.3. The average Bonchev–Trinajstić information content (AvgIpc) is 2.83. The van der Waals surface area contributed by atoms with Crippen LogP contribution in [0, 0.1) is 12.3 Å². The molecular weight excluding hydrogens is 436 g/mol. The van der Waals surface area contributed by atoms with Gasteiger partial charge in [-0.15, -0.1) is 6.42 Å². The van der Waals surface area contributed by atoms with Gasteiger partial charge < -0.3 is 47.4 Å². The molecule has 0 saturated carbocycles. The molecule has 33 heavy (non-hydrogen) atoms. The standard InChI is InChI=1S/C23H44O10/c1-3-5-25-8-9-27-12-13-29-16-17-31-20-21-33-23-22-32-19-18-30-15-14-28-11-10-26-7-6-24-4-2/h1H,4-23H2,2H3. The Bertz CT molecular complexity index is 392. The minimum absolute atomic E-state index is 0.313. The third-order valence-electron chi connectivity index (χ3n) is 3.74. The maximum Gasteiger partial charge on any atom is 0.107 e. The Balaban J connectivity index is 3.00. The maximum absolute atomic E-state index is 5.43. The van der Waals surface area contributed by atoms with Gasteiger partial charge >= 0.3 is 0 Å². The van der Waals surface area contributed by atoms with Crippen molar-refractivity contribution < 1.29 is 47.4 Å². The second-order valence-corrected chi connectivity index (χ2v) is 6.35. The van der Waals surface area contributed by atoms with Gasteiger partial charge in [0, 0.05) is 6.61 Å². The molecular formula is C23H44O10. The smallest absolute Gasteiger partial charge is 0.107 e. The molecule has 0 aromatic heterocycles. The van der Waals surface area contributed by atoms with E-state index in [2.05, 4.69) is 5.92 Å². The molecule has 196 valence electrons. The summed E-state index contributed by atoms with van der Waals surface area (Å²) in [6.07, 6.45) is 5.06. The minimum Gasteiger partial charge on any atom is -0.379 e. The first-order valence-electron chi connectivity index (χ1n) is 11.6. The number of hydrogen-bond acceptors (Lipinski definition) is 10. The van der Waals surface area contributed by atoms with Gasteiger partial charge in [-0.2, -0.15) is 0 Å². The van der Waals surface area contributed by atoms with Crippen LogP contribution >= 0.6 is 0 Å². The fourth-order valence-corrected chi connectivity index (χ4v) is 2.15. The van der Waals surface area contributed by atoms with Crippen molar-refractivity contribution in [3.8, 4) is 12.3 Å². The van der Waals surface area contributed by atoms with Crippen LogP contribution in [-0.4, -0.2) is 132 Å². The molecule has 0 radical (unpaired) electrons. The lowest BCUT2D eigenvalue weighted by Gasteiger charge is -2.08. The lowest BCUT2D eigenvalue weighted by molar-refractivity contribution is -0.0259. The highest BCUT2D eigenvalue weighted by Gasteiger charge is 1.95. The van der Waals surface area contributed by atoms with Gasteiger partial charge in [-0.25, -0.2) is 0 Å². The molecule has 0 aromatic rings. The van der Waals surface area contributed by atoms with Crippen molar-refractivity contribution >= 4 is 0 Å². The van der Waals surface area contributed by atoms with E-state index in [0.717, 1.165) is 0 Å². The van der Waals surface area contributed by atoms with Crippen molar-refractivity contribution in [3.05, 3.63) is 0 Å². The molecule has 0 N–H and O–H groups in total. The number of terminal acetylenes is 1. The average molecular weight is 481 g/mol. The zero-order chi connectivity index (χ0) is 23.9. The second kappa shape index (κ2) is 31.2. The van der Waals surface area contributed by atoms with Crippen LogP contribution in [0.2, 0.25) is 0 Å². The first-order valence-corrected chi connectivity index (χ1v) is 11.6. The highest BCUT2D eigenvalue weighted by Crippen LogP contribution is 1.86. The Kier molecular flexibility index (Phi) is 30.4. The molecule has 0 spiro atoms. The highest BCUT2D eigenvalue weighted by molar-refractivity contribution is 4.82. The summed E-state index contributed by atoms with van der Waals surface area (Å²) >= 11 is 0. The quantitative estimate of drug-likeness (QED) is 0.113. The molecule has 10 nitrogen and oxygen atoms in total. The van der Waals surface area contributed by atoms with Crippen molar-refractivity contribution in [1.29, 1.82) is 0 Å². The molecule has 0 amide bonds. The van der Waals surface area contributed by atoms with E-state index in [9.17, 15) is 0 Å². The van der Waals surface area contributed by atoms with E-state index < -0.39 is 0 Å². The largest absolute Gasteiger partial charge is 0.379 e. The Labute approximate surface area is 199 Å². The van der Waals surface area contributed by atoms with Gasteiger partial charge in [-0.1, -0.05) is 5.92 Å². The van der Waals surface area contributed by atoms with Gasteiger partial charge in [0.05, 0.1) is 119 Å². The van der Waals surface area contributed by atoms with Crippen LogP contribution < -0.4 is 0 Å². The van der Waals surface area contributed by atoms with Crippen molar-refractivity contribution in [2.75, 3.05) is 132 Å². The number of rotatable bonds is 29. The van der Waals surface area contributed by atoms with E-state index in [-0.39, 0.29) is 0 Å². The first kappa shape index (κ1) is 32.2. The molecule has 0 saturated heterocycles. The summed E-state index contributed by atoms with van der Waals surface area (Å²) in [4.78, 5) is 0. The SMILES string of the molecule is C#CCOCCOCCOCCOCCOCCOCCOCCOCCOCCOCC. The Morgan fingerprint density at radius 2 is 0.576 bits per heavy atom. The normalized spacial score (nSPS) is 11.2. The summed E-state index contributed by atoms with van der Waals surface area (Å²) in [6, 6.07) is 0. The molecule has 0 aromatic carbocycles. The van der Waals surface area contributed by atoms with E-state index in [4.69, 9.17) is 53.8 Å². The van der Waals surface area contributed by atoms with Crippen LogP contribution in [0.1, 0.15) is 6.92 Å². The topological polar surface area (TPSA) is 92.3 Å². The molecule has 0 unspecified atom stereocenters. The van der Waals surface area contributed by atoms with Crippen molar-refractivity contribution in [1.82, 2.24) is 0 Å².